The number of guanidine groups is 1. The van der Waals surface area contributed by atoms with E-state index in [1.54, 1.807) is 0 Å². The summed E-state index contributed by atoms with van der Waals surface area (Å²) < 4.78 is 6.00. The van der Waals surface area contributed by atoms with Gasteiger partial charge < -0.3 is 15.4 Å². The maximum absolute atomic E-state index is 6.00. The predicted octanol–water partition coefficient (Wildman–Crippen LogP) is 2.79. The van der Waals surface area contributed by atoms with Crippen LogP contribution in [-0.2, 0) is 6.54 Å². The third kappa shape index (κ3) is 5.77. The van der Waals surface area contributed by atoms with Crippen LogP contribution in [0.3, 0.4) is 0 Å². The predicted molar refractivity (Wildman–Crippen MR) is 108 cm³/mol. The molecular weight excluding hydrogens is 324 g/mol. The van der Waals surface area contributed by atoms with Gasteiger partial charge >= 0.3 is 0 Å². The van der Waals surface area contributed by atoms with Gasteiger partial charge in [-0.05, 0) is 37.7 Å². The van der Waals surface area contributed by atoms with E-state index < -0.39 is 0 Å². The maximum atomic E-state index is 6.00. The molecule has 0 bridgehead atoms. The Bertz CT molecular complexity index is 604. The summed E-state index contributed by atoms with van der Waals surface area (Å²) in [5, 5.41) is 7.01. The minimum Gasteiger partial charge on any atom is -0.493 e. The number of benzene rings is 1. The van der Waals surface area contributed by atoms with Crippen molar-refractivity contribution >= 4 is 5.96 Å². The minimum absolute atomic E-state index is 0.476. The molecule has 2 N–H and O–H groups in total. The van der Waals surface area contributed by atoms with E-state index in [2.05, 4.69) is 45.3 Å². The number of nitrogens with zero attached hydrogens (tertiary/aromatic N) is 2. The second-order valence-corrected chi connectivity index (χ2v) is 7.30. The van der Waals surface area contributed by atoms with Gasteiger partial charge in [-0.15, -0.1) is 6.58 Å². The van der Waals surface area contributed by atoms with Crippen LogP contribution in [-0.4, -0.2) is 50.2 Å². The largest absolute Gasteiger partial charge is 0.493 e. The van der Waals surface area contributed by atoms with Crippen LogP contribution < -0.4 is 15.4 Å². The van der Waals surface area contributed by atoms with Crippen molar-refractivity contribution in [3.63, 3.8) is 0 Å². The summed E-state index contributed by atoms with van der Waals surface area (Å²) in [4.78, 5) is 6.83. The Kier molecular flexibility index (Phi) is 6.95. The van der Waals surface area contributed by atoms with Gasteiger partial charge in [-0.2, -0.15) is 0 Å². The van der Waals surface area contributed by atoms with Crippen molar-refractivity contribution in [3.8, 4) is 5.75 Å². The van der Waals surface area contributed by atoms with Crippen molar-refractivity contribution in [2.24, 2.45) is 10.9 Å². The fourth-order valence-electron chi connectivity index (χ4n) is 3.29. The molecule has 1 saturated heterocycles. The highest BCUT2D eigenvalue weighted by atomic mass is 16.5. The molecule has 1 aromatic rings. The Morgan fingerprint density at radius 2 is 2.04 bits per heavy atom. The summed E-state index contributed by atoms with van der Waals surface area (Å²) in [5.74, 6) is 2.61. The van der Waals surface area contributed by atoms with Gasteiger partial charge in [0.15, 0.2) is 5.96 Å². The van der Waals surface area contributed by atoms with E-state index in [9.17, 15) is 0 Å². The maximum Gasteiger partial charge on any atom is 0.191 e. The van der Waals surface area contributed by atoms with Crippen LogP contribution in [0.5, 0.6) is 5.75 Å². The Hall–Kier alpha value is -2.01. The molecular formula is C21H32N4O. The molecule has 1 aliphatic carbocycles. The molecule has 3 rings (SSSR count). The van der Waals surface area contributed by atoms with Crippen molar-refractivity contribution in [1.82, 2.24) is 15.5 Å². The molecule has 2 fully saturated rings. The van der Waals surface area contributed by atoms with E-state index in [-0.39, 0.29) is 0 Å². The van der Waals surface area contributed by atoms with E-state index in [0.29, 0.717) is 6.04 Å². The van der Waals surface area contributed by atoms with Gasteiger partial charge in [0.1, 0.15) is 5.75 Å². The molecule has 1 aliphatic heterocycles. The number of nitrogens with one attached hydrogen (secondary N) is 2. The lowest BCUT2D eigenvalue weighted by Crippen LogP contribution is -2.48. The van der Waals surface area contributed by atoms with Crippen molar-refractivity contribution in [1.29, 1.82) is 0 Å². The van der Waals surface area contributed by atoms with E-state index in [1.165, 1.54) is 18.4 Å². The average molecular weight is 357 g/mol. The molecule has 1 heterocycles. The highest BCUT2D eigenvalue weighted by Crippen LogP contribution is 2.30. The topological polar surface area (TPSA) is 48.9 Å². The van der Waals surface area contributed by atoms with Gasteiger partial charge in [-0.25, -0.2) is 0 Å². The monoisotopic (exact) mass is 356 g/mol. The van der Waals surface area contributed by atoms with Crippen molar-refractivity contribution < 1.29 is 4.74 Å². The van der Waals surface area contributed by atoms with Crippen LogP contribution in [0.2, 0.25) is 0 Å². The fourth-order valence-corrected chi connectivity index (χ4v) is 3.29. The minimum atomic E-state index is 0.476. The van der Waals surface area contributed by atoms with Crippen LogP contribution in [0.1, 0.15) is 31.2 Å². The lowest BCUT2D eigenvalue weighted by molar-refractivity contribution is 0.225. The second kappa shape index (κ2) is 9.62. The highest BCUT2D eigenvalue weighted by Gasteiger charge is 2.22. The molecule has 0 spiro atoms. The number of aliphatic imine (C=N–C) groups is 1. The lowest BCUT2D eigenvalue weighted by atomic mass is 10.1. The number of hydrogen-bond acceptors (Lipinski definition) is 3. The van der Waals surface area contributed by atoms with E-state index in [0.717, 1.165) is 63.3 Å². The molecule has 5 heteroatoms. The molecule has 142 valence electrons. The summed E-state index contributed by atoms with van der Waals surface area (Å²) in [7, 11) is 1.83. The molecule has 5 nitrogen and oxygen atoms in total. The number of rotatable bonds is 8. The third-order valence-electron chi connectivity index (χ3n) is 5.13. The molecule has 26 heavy (non-hydrogen) atoms. The molecule has 1 saturated carbocycles. The average Bonchev–Trinajstić information content (AvgIpc) is 3.50. The first-order valence-corrected chi connectivity index (χ1v) is 9.79. The smallest absolute Gasteiger partial charge is 0.191 e. The standard InChI is InChI=1S/C21H32N4O/c1-3-12-25-13-10-19(11-14-25)24-21(22-2)23-15-18-6-4-5-7-20(18)26-16-17-8-9-17/h3-7,17,19H,1,8-16H2,2H3,(H2,22,23,24). The number of hydrogen-bond donors (Lipinski definition) is 2. The van der Waals surface area contributed by atoms with Gasteiger partial charge in [-0.3, -0.25) is 9.89 Å². The number of para-hydroxylation sites is 1. The van der Waals surface area contributed by atoms with Gasteiger partial charge in [-0.1, -0.05) is 24.3 Å². The molecule has 0 atom stereocenters. The summed E-state index contributed by atoms with van der Waals surface area (Å²) >= 11 is 0. The first-order valence-electron chi connectivity index (χ1n) is 9.79. The summed E-state index contributed by atoms with van der Waals surface area (Å²) in [6.07, 6.45) is 6.87. The lowest BCUT2D eigenvalue weighted by Gasteiger charge is -2.32. The van der Waals surface area contributed by atoms with Crippen LogP contribution in [0.15, 0.2) is 41.9 Å². The van der Waals surface area contributed by atoms with Gasteiger partial charge in [0.2, 0.25) is 0 Å². The molecule has 2 aliphatic rings. The third-order valence-corrected chi connectivity index (χ3v) is 5.13. The Morgan fingerprint density at radius 1 is 1.27 bits per heavy atom. The van der Waals surface area contributed by atoms with Gasteiger partial charge in [0.25, 0.3) is 0 Å². The molecule has 1 aromatic carbocycles. The first kappa shape index (κ1) is 18.8. The Labute approximate surface area is 157 Å². The second-order valence-electron chi connectivity index (χ2n) is 7.30. The van der Waals surface area contributed by atoms with Gasteiger partial charge in [0.05, 0.1) is 6.61 Å². The van der Waals surface area contributed by atoms with Crippen LogP contribution in [0.25, 0.3) is 0 Å². The quantitative estimate of drug-likeness (QED) is 0.427. The van der Waals surface area contributed by atoms with Gasteiger partial charge in [0, 0.05) is 44.8 Å². The Balaban J connectivity index is 1.46. The summed E-state index contributed by atoms with van der Waals surface area (Å²) in [6, 6.07) is 8.76. The normalized spacial score (nSPS) is 19.2. The molecule has 0 unspecified atom stereocenters. The summed E-state index contributed by atoms with van der Waals surface area (Å²) in [6.45, 7) is 8.59. The number of likely N-dealkylation sites (tertiary alicyclic amines) is 1. The summed E-state index contributed by atoms with van der Waals surface area (Å²) in [5.41, 5.74) is 1.18. The van der Waals surface area contributed by atoms with E-state index >= 15 is 0 Å². The molecule has 0 aromatic heterocycles. The van der Waals surface area contributed by atoms with E-state index in [4.69, 9.17) is 4.74 Å². The molecule has 0 amide bonds. The fraction of sp³-hybridized carbons (Fsp3) is 0.571. The zero-order chi connectivity index (χ0) is 18.2. The van der Waals surface area contributed by atoms with Crippen molar-refractivity contribution in [3.05, 3.63) is 42.5 Å². The van der Waals surface area contributed by atoms with Crippen molar-refractivity contribution in [2.45, 2.75) is 38.3 Å². The van der Waals surface area contributed by atoms with Crippen LogP contribution in [0, 0.1) is 5.92 Å². The zero-order valence-corrected chi connectivity index (χ0v) is 15.9. The SMILES string of the molecule is C=CCN1CCC(NC(=NC)NCc2ccccc2OCC2CC2)CC1. The van der Waals surface area contributed by atoms with Crippen molar-refractivity contribution in [2.75, 3.05) is 33.3 Å². The Morgan fingerprint density at radius 3 is 2.73 bits per heavy atom. The highest BCUT2D eigenvalue weighted by molar-refractivity contribution is 5.80. The number of piperidine rings is 1. The zero-order valence-electron chi connectivity index (χ0n) is 15.9. The van der Waals surface area contributed by atoms with E-state index in [1.807, 2.05) is 19.2 Å². The first-order chi connectivity index (χ1) is 12.8. The van der Waals surface area contributed by atoms with Crippen LogP contribution in [0.4, 0.5) is 0 Å². The van der Waals surface area contributed by atoms with Crippen LogP contribution >= 0.6 is 0 Å². The number of ether oxygens (including phenoxy) is 1. The molecule has 0 radical (unpaired) electrons.